The van der Waals surface area contributed by atoms with Crippen LogP contribution in [0.3, 0.4) is 0 Å². The van der Waals surface area contributed by atoms with Gasteiger partial charge in [0.05, 0.1) is 0 Å². The number of fused-ring (bicyclic) bond motifs is 1. The Morgan fingerprint density at radius 3 is 2.50 bits per heavy atom. The summed E-state index contributed by atoms with van der Waals surface area (Å²) in [6, 6.07) is 16.5. The van der Waals surface area contributed by atoms with E-state index >= 15 is 0 Å². The number of aromatic nitrogens is 2. The SMILES string of the molecule is O=[N+]([O-])c1cn2c(n1)OC(COc1ccc(N3CCN(Cc4ccc(Cl)cc4)CC3)cc1)CC2. The van der Waals surface area contributed by atoms with Gasteiger partial charge in [0.15, 0.2) is 0 Å². The summed E-state index contributed by atoms with van der Waals surface area (Å²) in [7, 11) is 0. The molecule has 1 fully saturated rings. The van der Waals surface area contributed by atoms with Crippen molar-refractivity contribution in [3.05, 3.63) is 75.4 Å². The average molecular weight is 484 g/mol. The second kappa shape index (κ2) is 9.90. The number of imidazole rings is 1. The van der Waals surface area contributed by atoms with Gasteiger partial charge in [-0.05, 0) is 46.9 Å². The van der Waals surface area contributed by atoms with E-state index in [4.69, 9.17) is 21.1 Å². The molecule has 2 aliphatic heterocycles. The van der Waals surface area contributed by atoms with Gasteiger partial charge in [-0.1, -0.05) is 23.7 Å². The Bertz CT molecular complexity index is 1130. The zero-order valence-electron chi connectivity index (χ0n) is 18.7. The first kappa shape index (κ1) is 22.5. The molecule has 3 heterocycles. The summed E-state index contributed by atoms with van der Waals surface area (Å²) in [5.41, 5.74) is 2.46. The Balaban J connectivity index is 1.08. The first-order valence-electron chi connectivity index (χ1n) is 11.4. The topological polar surface area (TPSA) is 85.9 Å². The van der Waals surface area contributed by atoms with Gasteiger partial charge in [0.1, 0.15) is 24.7 Å². The van der Waals surface area contributed by atoms with Crippen LogP contribution in [0.5, 0.6) is 11.8 Å². The van der Waals surface area contributed by atoms with E-state index in [1.165, 1.54) is 17.4 Å². The molecule has 178 valence electrons. The van der Waals surface area contributed by atoms with Crippen LogP contribution in [0.1, 0.15) is 12.0 Å². The first-order chi connectivity index (χ1) is 16.5. The van der Waals surface area contributed by atoms with Crippen molar-refractivity contribution in [1.29, 1.82) is 0 Å². The third-order valence-electron chi connectivity index (χ3n) is 6.21. The minimum absolute atomic E-state index is 0.192. The number of aryl methyl sites for hydroxylation is 1. The van der Waals surface area contributed by atoms with Gasteiger partial charge in [-0.3, -0.25) is 9.47 Å². The zero-order chi connectivity index (χ0) is 23.5. The second-order valence-corrected chi connectivity index (χ2v) is 8.99. The largest absolute Gasteiger partial charge is 0.490 e. The zero-order valence-corrected chi connectivity index (χ0v) is 19.4. The molecule has 0 spiro atoms. The Labute approximate surface area is 202 Å². The van der Waals surface area contributed by atoms with E-state index in [0.717, 1.165) is 43.5 Å². The van der Waals surface area contributed by atoms with Gasteiger partial charge in [0.25, 0.3) is 0 Å². The molecule has 5 rings (SSSR count). The fourth-order valence-electron chi connectivity index (χ4n) is 4.29. The van der Waals surface area contributed by atoms with Crippen LogP contribution in [0.25, 0.3) is 0 Å². The number of benzene rings is 2. The quantitative estimate of drug-likeness (QED) is 0.371. The molecule has 0 saturated carbocycles. The molecular formula is C24H26ClN5O4. The van der Waals surface area contributed by atoms with Crippen LogP contribution in [0.4, 0.5) is 11.5 Å². The minimum Gasteiger partial charge on any atom is -0.490 e. The minimum atomic E-state index is -0.513. The van der Waals surface area contributed by atoms with Gasteiger partial charge in [-0.15, -0.1) is 0 Å². The molecule has 0 aliphatic carbocycles. The van der Waals surface area contributed by atoms with Crippen LogP contribution in [0.2, 0.25) is 5.02 Å². The molecule has 1 atom stereocenters. The number of piperazine rings is 1. The van der Waals surface area contributed by atoms with Crippen molar-refractivity contribution >= 4 is 23.1 Å². The summed E-state index contributed by atoms with van der Waals surface area (Å²) in [6.07, 6.45) is 1.92. The van der Waals surface area contributed by atoms with Crippen LogP contribution in [0, 0.1) is 10.1 Å². The molecule has 1 aromatic heterocycles. The molecule has 34 heavy (non-hydrogen) atoms. The smallest absolute Gasteiger partial charge is 0.414 e. The lowest BCUT2D eigenvalue weighted by Crippen LogP contribution is -2.45. The maximum absolute atomic E-state index is 10.9. The monoisotopic (exact) mass is 483 g/mol. The number of hydrogen-bond acceptors (Lipinski definition) is 7. The molecule has 1 saturated heterocycles. The first-order valence-corrected chi connectivity index (χ1v) is 11.7. The summed E-state index contributed by atoms with van der Waals surface area (Å²) >= 11 is 5.98. The number of hydrogen-bond donors (Lipinski definition) is 0. The Kier molecular flexibility index (Phi) is 6.55. The normalized spacial score (nSPS) is 18.3. The molecule has 2 aliphatic rings. The van der Waals surface area contributed by atoms with Crippen molar-refractivity contribution in [1.82, 2.24) is 14.5 Å². The predicted molar refractivity (Wildman–Crippen MR) is 129 cm³/mol. The van der Waals surface area contributed by atoms with Crippen LogP contribution < -0.4 is 14.4 Å². The maximum atomic E-state index is 10.9. The van der Waals surface area contributed by atoms with E-state index in [2.05, 4.69) is 39.0 Å². The van der Waals surface area contributed by atoms with Gasteiger partial charge in [0.2, 0.25) is 0 Å². The van der Waals surface area contributed by atoms with Crippen molar-refractivity contribution in [2.75, 3.05) is 37.7 Å². The lowest BCUT2D eigenvalue weighted by molar-refractivity contribution is -0.389. The van der Waals surface area contributed by atoms with Crippen LogP contribution in [0.15, 0.2) is 54.7 Å². The number of ether oxygens (including phenoxy) is 2. The van der Waals surface area contributed by atoms with E-state index in [0.29, 0.717) is 19.6 Å². The molecular weight excluding hydrogens is 458 g/mol. The second-order valence-electron chi connectivity index (χ2n) is 8.56. The van der Waals surface area contributed by atoms with Gasteiger partial charge in [0, 0.05) is 61.4 Å². The standard InChI is InChI=1S/C24H26ClN5O4/c25-19-3-1-18(2-4-19)15-27-11-13-28(14-12-27)20-5-7-21(8-6-20)33-17-22-9-10-29-16-23(30(31)32)26-24(29)34-22/h1-8,16,22H,9-15,17H2. The van der Waals surface area contributed by atoms with Gasteiger partial charge >= 0.3 is 11.8 Å². The number of anilines is 1. The number of rotatable bonds is 7. The molecule has 0 N–H and O–H groups in total. The van der Waals surface area contributed by atoms with Crippen molar-refractivity contribution < 1.29 is 14.4 Å². The van der Waals surface area contributed by atoms with Crippen molar-refractivity contribution in [2.45, 2.75) is 25.6 Å². The molecule has 9 nitrogen and oxygen atoms in total. The van der Waals surface area contributed by atoms with Crippen molar-refractivity contribution in [2.24, 2.45) is 0 Å². The van der Waals surface area contributed by atoms with Gasteiger partial charge in [-0.2, -0.15) is 0 Å². The predicted octanol–water partition coefficient (Wildman–Crippen LogP) is 4.00. The van der Waals surface area contributed by atoms with E-state index in [-0.39, 0.29) is 17.9 Å². The van der Waals surface area contributed by atoms with E-state index in [1.807, 2.05) is 24.3 Å². The third kappa shape index (κ3) is 5.26. The van der Waals surface area contributed by atoms with Crippen LogP contribution in [-0.2, 0) is 13.1 Å². The summed E-state index contributed by atoms with van der Waals surface area (Å²) < 4.78 is 13.3. The molecule has 0 amide bonds. The van der Waals surface area contributed by atoms with Gasteiger partial charge < -0.3 is 24.5 Å². The van der Waals surface area contributed by atoms with Crippen LogP contribution >= 0.6 is 11.6 Å². The highest BCUT2D eigenvalue weighted by atomic mass is 35.5. The molecule has 10 heteroatoms. The lowest BCUT2D eigenvalue weighted by Gasteiger charge is -2.36. The number of nitro groups is 1. The molecule has 3 aromatic rings. The molecule has 0 bridgehead atoms. The third-order valence-corrected chi connectivity index (χ3v) is 6.46. The summed E-state index contributed by atoms with van der Waals surface area (Å²) in [6.45, 7) is 5.89. The Morgan fingerprint density at radius 1 is 1.06 bits per heavy atom. The molecule has 0 radical (unpaired) electrons. The van der Waals surface area contributed by atoms with E-state index < -0.39 is 4.92 Å². The highest BCUT2D eigenvalue weighted by molar-refractivity contribution is 6.30. The fourth-order valence-corrected chi connectivity index (χ4v) is 4.42. The number of halogens is 1. The van der Waals surface area contributed by atoms with Crippen molar-refractivity contribution in [3.63, 3.8) is 0 Å². The Hall–Kier alpha value is -3.30. The van der Waals surface area contributed by atoms with Crippen LogP contribution in [-0.4, -0.2) is 58.3 Å². The van der Waals surface area contributed by atoms with Gasteiger partial charge in [-0.25, -0.2) is 0 Å². The highest BCUT2D eigenvalue weighted by Gasteiger charge is 2.28. The summed E-state index contributed by atoms with van der Waals surface area (Å²) in [4.78, 5) is 19.2. The lowest BCUT2D eigenvalue weighted by atomic mass is 10.2. The highest BCUT2D eigenvalue weighted by Crippen LogP contribution is 2.26. The average Bonchev–Trinajstić information content (AvgIpc) is 3.29. The maximum Gasteiger partial charge on any atom is 0.414 e. The van der Waals surface area contributed by atoms with E-state index in [1.54, 1.807) is 4.57 Å². The van der Waals surface area contributed by atoms with Crippen molar-refractivity contribution in [3.8, 4) is 11.8 Å². The Morgan fingerprint density at radius 2 is 1.79 bits per heavy atom. The molecule has 2 aromatic carbocycles. The van der Waals surface area contributed by atoms with E-state index in [9.17, 15) is 10.1 Å². The number of nitrogens with zero attached hydrogens (tertiary/aromatic N) is 5. The summed E-state index contributed by atoms with van der Waals surface area (Å²) in [5, 5.41) is 11.7. The summed E-state index contributed by atoms with van der Waals surface area (Å²) in [5.74, 6) is 0.576. The fraction of sp³-hybridized carbons (Fsp3) is 0.375. The molecule has 1 unspecified atom stereocenters.